The van der Waals surface area contributed by atoms with Crippen LogP contribution in [0.5, 0.6) is 0 Å². The Morgan fingerprint density at radius 2 is 1.95 bits per heavy atom. The van der Waals surface area contributed by atoms with Crippen LogP contribution in [-0.4, -0.2) is 21.4 Å². The minimum atomic E-state index is -0.582. The minimum absolute atomic E-state index is 0.0196. The summed E-state index contributed by atoms with van der Waals surface area (Å²) >= 11 is 1.32. The molecule has 3 N–H and O–H groups in total. The highest BCUT2D eigenvalue weighted by atomic mass is 32.2. The van der Waals surface area contributed by atoms with E-state index in [9.17, 15) is 14.0 Å². The van der Waals surface area contributed by atoms with Crippen molar-refractivity contribution in [1.82, 2.24) is 19.1 Å². The average Bonchev–Trinajstić information content (AvgIpc) is 3.75. The van der Waals surface area contributed by atoms with Gasteiger partial charge < -0.3 is 14.6 Å². The summed E-state index contributed by atoms with van der Waals surface area (Å²) in [6.45, 7) is 1.62. The molecule has 0 atom stereocenters. The first kappa shape index (κ1) is 24.6. The number of aromatic nitrogens is 3. The van der Waals surface area contributed by atoms with E-state index in [-0.39, 0.29) is 33.9 Å². The maximum atomic E-state index is 14.9. The minimum Gasteiger partial charge on any atom is -0.352 e. The number of benzene rings is 2. The van der Waals surface area contributed by atoms with E-state index in [0.29, 0.717) is 22.3 Å². The molecule has 0 bridgehead atoms. The molecule has 37 heavy (non-hydrogen) atoms. The van der Waals surface area contributed by atoms with Crippen molar-refractivity contribution in [3.63, 3.8) is 0 Å². The van der Waals surface area contributed by atoms with Crippen LogP contribution in [-0.2, 0) is 7.05 Å². The Bertz CT molecular complexity index is 1700. The highest BCUT2D eigenvalue weighted by molar-refractivity contribution is 7.98. The van der Waals surface area contributed by atoms with Gasteiger partial charge in [0, 0.05) is 41.6 Å². The number of halogens is 1. The maximum absolute atomic E-state index is 14.9. The standard InChI is InChI=1S/C27H25FN6O2S/c1-5-16-9-12-21(20(28)13-16)30-23-15(2)26(35)33(4)25-22(23)27(36)34(19-10-11-19)31-24(25)17-7-6-8-18(14-17)32-37-29-3/h1,6-9,12-14,19,29-30,32H,10-11H2,2-4H3. The van der Waals surface area contributed by atoms with E-state index in [1.165, 1.54) is 33.5 Å². The lowest BCUT2D eigenvalue weighted by Crippen LogP contribution is -2.29. The number of rotatable bonds is 7. The lowest BCUT2D eigenvalue weighted by Gasteiger charge is -2.19. The van der Waals surface area contributed by atoms with Crippen molar-refractivity contribution in [2.45, 2.75) is 25.8 Å². The second-order valence-corrected chi connectivity index (χ2v) is 9.69. The Morgan fingerprint density at radius 3 is 2.62 bits per heavy atom. The third-order valence-electron chi connectivity index (χ3n) is 6.37. The van der Waals surface area contributed by atoms with Crippen molar-refractivity contribution >= 4 is 40.1 Å². The number of anilines is 3. The molecule has 10 heteroatoms. The Hall–Kier alpha value is -4.07. The van der Waals surface area contributed by atoms with Crippen LogP contribution in [0.1, 0.15) is 30.0 Å². The second kappa shape index (κ2) is 9.76. The third-order valence-corrected chi connectivity index (χ3v) is 6.91. The molecule has 0 amide bonds. The zero-order chi connectivity index (χ0) is 26.3. The number of nitrogens with one attached hydrogen (secondary N) is 3. The maximum Gasteiger partial charge on any atom is 0.278 e. The van der Waals surface area contributed by atoms with Crippen LogP contribution < -0.4 is 25.9 Å². The van der Waals surface area contributed by atoms with Gasteiger partial charge in [-0.05, 0) is 57.1 Å². The molecule has 0 spiro atoms. The average molecular weight is 517 g/mol. The SMILES string of the molecule is C#Cc1ccc(Nc2c(C)c(=O)n(C)c3c(-c4cccc(NSNC)c4)nn(C4CC4)c(=O)c23)c(F)c1. The molecule has 5 rings (SSSR count). The zero-order valence-electron chi connectivity index (χ0n) is 20.6. The summed E-state index contributed by atoms with van der Waals surface area (Å²) in [5, 5.41) is 8.05. The van der Waals surface area contributed by atoms with Crippen molar-refractivity contribution in [2.75, 3.05) is 17.1 Å². The van der Waals surface area contributed by atoms with E-state index in [2.05, 4.69) is 20.7 Å². The van der Waals surface area contributed by atoms with Crippen molar-refractivity contribution in [3.05, 3.63) is 80.1 Å². The van der Waals surface area contributed by atoms with Crippen LogP contribution in [0, 0.1) is 25.1 Å². The largest absolute Gasteiger partial charge is 0.352 e. The zero-order valence-corrected chi connectivity index (χ0v) is 21.4. The second-order valence-electron chi connectivity index (χ2n) is 8.87. The van der Waals surface area contributed by atoms with E-state index >= 15 is 0 Å². The van der Waals surface area contributed by atoms with Crippen LogP contribution in [0.3, 0.4) is 0 Å². The molecule has 0 radical (unpaired) electrons. The van der Waals surface area contributed by atoms with Crippen molar-refractivity contribution in [2.24, 2.45) is 7.05 Å². The summed E-state index contributed by atoms with van der Waals surface area (Å²) in [6, 6.07) is 11.9. The molecule has 1 saturated carbocycles. The number of fused-ring (bicyclic) bond motifs is 1. The fourth-order valence-corrected chi connectivity index (χ4v) is 4.68. The Labute approximate surface area is 217 Å². The van der Waals surface area contributed by atoms with E-state index in [4.69, 9.17) is 11.5 Å². The van der Waals surface area contributed by atoms with Gasteiger partial charge in [-0.15, -0.1) is 6.42 Å². The van der Waals surface area contributed by atoms with Crippen molar-refractivity contribution in [1.29, 1.82) is 0 Å². The smallest absolute Gasteiger partial charge is 0.278 e. The molecule has 2 aromatic carbocycles. The number of terminal acetylenes is 1. The summed E-state index contributed by atoms with van der Waals surface area (Å²) in [6.07, 6.45) is 7.08. The summed E-state index contributed by atoms with van der Waals surface area (Å²) in [4.78, 5) is 27.2. The first-order chi connectivity index (χ1) is 17.8. The molecule has 0 saturated heterocycles. The highest BCUT2D eigenvalue weighted by Gasteiger charge is 2.30. The molecular weight excluding hydrogens is 491 g/mol. The highest BCUT2D eigenvalue weighted by Crippen LogP contribution is 2.37. The molecule has 4 aromatic rings. The third kappa shape index (κ3) is 4.48. The molecule has 188 valence electrons. The topological polar surface area (TPSA) is 93.0 Å². The van der Waals surface area contributed by atoms with Gasteiger partial charge in [-0.2, -0.15) is 5.10 Å². The molecule has 2 aromatic heterocycles. The number of aryl methyl sites for hydroxylation is 1. The molecular formula is C27H25FN6O2S. The quantitative estimate of drug-likeness (QED) is 0.247. The van der Waals surface area contributed by atoms with Gasteiger partial charge in [-0.3, -0.25) is 9.59 Å². The molecule has 0 aliphatic heterocycles. The van der Waals surface area contributed by atoms with Gasteiger partial charge in [0.2, 0.25) is 0 Å². The van der Waals surface area contributed by atoms with Crippen LogP contribution in [0.4, 0.5) is 21.5 Å². The first-order valence-electron chi connectivity index (χ1n) is 11.7. The molecule has 1 aliphatic rings. The van der Waals surface area contributed by atoms with Crippen molar-refractivity contribution in [3.8, 4) is 23.6 Å². The van der Waals surface area contributed by atoms with Crippen LogP contribution in [0.2, 0.25) is 0 Å². The lowest BCUT2D eigenvalue weighted by molar-refractivity contribution is 0.607. The first-order valence-corrected chi connectivity index (χ1v) is 12.5. The van der Waals surface area contributed by atoms with Gasteiger partial charge in [0.05, 0.1) is 28.3 Å². The normalized spacial score (nSPS) is 12.9. The number of pyridine rings is 1. The Balaban J connectivity index is 1.81. The molecule has 2 heterocycles. The van der Waals surface area contributed by atoms with Gasteiger partial charge in [0.15, 0.2) is 0 Å². The van der Waals surface area contributed by atoms with E-state index in [0.717, 1.165) is 24.1 Å². The Morgan fingerprint density at radius 1 is 1.16 bits per heavy atom. The number of hydrogen-bond acceptors (Lipinski definition) is 7. The monoisotopic (exact) mass is 516 g/mol. The predicted octanol–water partition coefficient (Wildman–Crippen LogP) is 4.46. The van der Waals surface area contributed by atoms with Gasteiger partial charge in [0.25, 0.3) is 11.1 Å². The molecule has 1 fully saturated rings. The molecule has 8 nitrogen and oxygen atoms in total. The fraction of sp³-hybridized carbons (Fsp3) is 0.222. The lowest BCUT2D eigenvalue weighted by atomic mass is 10.0. The van der Waals surface area contributed by atoms with Crippen LogP contribution >= 0.6 is 12.1 Å². The molecule has 0 unspecified atom stereocenters. The Kier molecular flexibility index (Phi) is 6.50. The van der Waals surface area contributed by atoms with Gasteiger partial charge in [0.1, 0.15) is 11.5 Å². The van der Waals surface area contributed by atoms with E-state index in [1.807, 2.05) is 24.3 Å². The fourth-order valence-electron chi connectivity index (χ4n) is 4.33. The van der Waals surface area contributed by atoms with E-state index in [1.54, 1.807) is 27.1 Å². The van der Waals surface area contributed by atoms with Gasteiger partial charge in [-0.25, -0.2) is 13.8 Å². The predicted molar refractivity (Wildman–Crippen MR) is 148 cm³/mol. The summed E-state index contributed by atoms with van der Waals surface area (Å²) < 4.78 is 24.0. The van der Waals surface area contributed by atoms with Crippen molar-refractivity contribution < 1.29 is 4.39 Å². The van der Waals surface area contributed by atoms with E-state index < -0.39 is 5.82 Å². The van der Waals surface area contributed by atoms with Gasteiger partial charge in [-0.1, -0.05) is 18.1 Å². The van der Waals surface area contributed by atoms with Crippen LogP contribution in [0.15, 0.2) is 52.1 Å². The number of hydrogen-bond donors (Lipinski definition) is 3. The van der Waals surface area contributed by atoms with Crippen LogP contribution in [0.25, 0.3) is 22.2 Å². The summed E-state index contributed by atoms with van der Waals surface area (Å²) in [5.41, 5.74) is 2.83. The number of nitrogens with zero attached hydrogens (tertiary/aromatic N) is 3. The van der Waals surface area contributed by atoms with Gasteiger partial charge >= 0.3 is 0 Å². The summed E-state index contributed by atoms with van der Waals surface area (Å²) in [5.74, 6) is 1.82. The summed E-state index contributed by atoms with van der Waals surface area (Å²) in [7, 11) is 3.42. The molecule has 1 aliphatic carbocycles.